The second kappa shape index (κ2) is 6.20. The Morgan fingerprint density at radius 1 is 1.00 bits per heavy atom. The molecule has 0 aliphatic carbocycles. The first kappa shape index (κ1) is 14.1. The van der Waals surface area contributed by atoms with Crippen LogP contribution in [0.25, 0.3) is 0 Å². The summed E-state index contributed by atoms with van der Waals surface area (Å²) < 4.78 is 0. The molecule has 2 aromatic rings. The van der Waals surface area contributed by atoms with E-state index in [1.54, 1.807) is 12.3 Å². The van der Waals surface area contributed by atoms with Crippen molar-refractivity contribution < 1.29 is 4.79 Å². The van der Waals surface area contributed by atoms with Gasteiger partial charge in [0.25, 0.3) is 0 Å². The average molecular weight is 265 g/mol. The molecule has 0 aromatic heterocycles. The van der Waals surface area contributed by atoms with Crippen LogP contribution >= 0.6 is 0 Å². The quantitative estimate of drug-likeness (QED) is 0.655. The summed E-state index contributed by atoms with van der Waals surface area (Å²) in [5.41, 5.74) is 5.02. The van der Waals surface area contributed by atoms with Gasteiger partial charge in [0.15, 0.2) is 5.78 Å². The van der Waals surface area contributed by atoms with Gasteiger partial charge in [-0.1, -0.05) is 35.9 Å². The van der Waals surface area contributed by atoms with E-state index < -0.39 is 0 Å². The number of aryl methyl sites for hydroxylation is 3. The Morgan fingerprint density at radius 3 is 2.50 bits per heavy atom. The zero-order chi connectivity index (χ0) is 14.5. The fourth-order valence-corrected chi connectivity index (χ4v) is 2.03. The Morgan fingerprint density at radius 2 is 1.75 bits per heavy atom. The van der Waals surface area contributed by atoms with Crippen LogP contribution in [-0.4, -0.2) is 5.78 Å². The number of nitrogens with one attached hydrogen (secondary N) is 1. The maximum Gasteiger partial charge on any atom is 0.187 e. The summed E-state index contributed by atoms with van der Waals surface area (Å²) in [5.74, 6) is 0.0206. The van der Waals surface area contributed by atoms with Crippen molar-refractivity contribution in [1.29, 1.82) is 0 Å². The van der Waals surface area contributed by atoms with Crippen LogP contribution in [0.1, 0.15) is 27.0 Å². The molecular weight excluding hydrogens is 246 g/mol. The van der Waals surface area contributed by atoms with Crippen molar-refractivity contribution in [2.75, 3.05) is 5.32 Å². The van der Waals surface area contributed by atoms with Crippen LogP contribution in [0.15, 0.2) is 54.7 Å². The van der Waals surface area contributed by atoms with Crippen LogP contribution in [-0.2, 0) is 0 Å². The third kappa shape index (κ3) is 3.35. The van der Waals surface area contributed by atoms with Gasteiger partial charge < -0.3 is 5.32 Å². The van der Waals surface area contributed by atoms with Gasteiger partial charge in [0.2, 0.25) is 0 Å². The fourth-order valence-electron chi connectivity index (χ4n) is 2.03. The van der Waals surface area contributed by atoms with E-state index in [1.165, 1.54) is 0 Å². The van der Waals surface area contributed by atoms with Crippen LogP contribution in [0.2, 0.25) is 0 Å². The van der Waals surface area contributed by atoms with E-state index in [0.717, 1.165) is 27.9 Å². The fraction of sp³-hybridized carbons (Fsp3) is 0.167. The number of para-hydroxylation sites is 1. The third-order valence-corrected chi connectivity index (χ3v) is 3.28. The third-order valence-electron chi connectivity index (χ3n) is 3.28. The number of anilines is 1. The molecule has 2 aromatic carbocycles. The van der Waals surface area contributed by atoms with Crippen molar-refractivity contribution in [3.8, 4) is 0 Å². The van der Waals surface area contributed by atoms with Crippen LogP contribution in [0.4, 0.5) is 5.69 Å². The molecule has 2 rings (SSSR count). The van der Waals surface area contributed by atoms with E-state index in [4.69, 9.17) is 0 Å². The minimum Gasteiger partial charge on any atom is -0.361 e. The van der Waals surface area contributed by atoms with Gasteiger partial charge in [-0.15, -0.1) is 0 Å². The van der Waals surface area contributed by atoms with E-state index in [2.05, 4.69) is 5.32 Å². The van der Waals surface area contributed by atoms with Gasteiger partial charge in [-0.2, -0.15) is 0 Å². The number of hydrogen-bond donors (Lipinski definition) is 1. The van der Waals surface area contributed by atoms with E-state index in [1.807, 2.05) is 63.2 Å². The predicted molar refractivity (Wildman–Crippen MR) is 84.2 cm³/mol. The smallest absolute Gasteiger partial charge is 0.187 e. The number of benzene rings is 2. The molecule has 1 N–H and O–H groups in total. The van der Waals surface area contributed by atoms with Gasteiger partial charge >= 0.3 is 0 Å². The maximum absolute atomic E-state index is 12.2. The van der Waals surface area contributed by atoms with Crippen molar-refractivity contribution in [3.05, 3.63) is 77.0 Å². The van der Waals surface area contributed by atoms with Crippen LogP contribution < -0.4 is 5.32 Å². The zero-order valence-corrected chi connectivity index (χ0v) is 12.1. The molecule has 0 aliphatic heterocycles. The molecule has 0 saturated heterocycles. The molecule has 0 saturated carbocycles. The Kier molecular flexibility index (Phi) is 4.36. The summed E-state index contributed by atoms with van der Waals surface area (Å²) in [6, 6.07) is 13.9. The van der Waals surface area contributed by atoms with Gasteiger partial charge in [-0.05, 0) is 44.0 Å². The van der Waals surface area contributed by atoms with Crippen LogP contribution in [0.5, 0.6) is 0 Å². The van der Waals surface area contributed by atoms with Gasteiger partial charge in [0.1, 0.15) is 0 Å². The summed E-state index contributed by atoms with van der Waals surface area (Å²) in [6.07, 6.45) is 3.28. The van der Waals surface area contributed by atoms with Crippen molar-refractivity contribution in [2.24, 2.45) is 0 Å². The normalized spacial score (nSPS) is 10.8. The molecule has 0 fully saturated rings. The highest BCUT2D eigenvalue weighted by Gasteiger charge is 2.05. The lowest BCUT2D eigenvalue weighted by atomic mass is 10.0. The lowest BCUT2D eigenvalue weighted by Crippen LogP contribution is -2.00. The highest BCUT2D eigenvalue weighted by molar-refractivity contribution is 6.05. The lowest BCUT2D eigenvalue weighted by Gasteiger charge is -2.05. The van der Waals surface area contributed by atoms with Crippen LogP contribution in [0, 0.1) is 20.8 Å². The van der Waals surface area contributed by atoms with E-state index in [0.29, 0.717) is 0 Å². The van der Waals surface area contributed by atoms with E-state index >= 15 is 0 Å². The molecule has 0 unspecified atom stereocenters. The average Bonchev–Trinajstić information content (AvgIpc) is 2.43. The molecular formula is C18H19NO. The maximum atomic E-state index is 12.2. The molecule has 2 nitrogen and oxygen atoms in total. The number of ketones is 1. The molecule has 0 bridgehead atoms. The number of rotatable bonds is 4. The largest absolute Gasteiger partial charge is 0.361 e. The topological polar surface area (TPSA) is 29.1 Å². The Labute approximate surface area is 120 Å². The molecule has 0 spiro atoms. The minimum absolute atomic E-state index is 0.0206. The highest BCUT2D eigenvalue weighted by atomic mass is 16.1. The molecule has 102 valence electrons. The molecule has 0 amide bonds. The number of carbonyl (C=O) groups is 1. The lowest BCUT2D eigenvalue weighted by molar-refractivity contribution is 0.104. The van der Waals surface area contributed by atoms with Gasteiger partial charge in [-0.3, -0.25) is 4.79 Å². The molecule has 0 radical (unpaired) electrons. The molecule has 0 atom stereocenters. The molecule has 0 heterocycles. The predicted octanol–water partition coefficient (Wildman–Crippen LogP) is 4.42. The number of allylic oxidation sites excluding steroid dienone is 1. The monoisotopic (exact) mass is 265 g/mol. The van der Waals surface area contributed by atoms with Gasteiger partial charge in [0.05, 0.1) is 0 Å². The SMILES string of the molecule is Cc1ccc(C)c(C(=O)C=CNc2ccccc2C)c1. The second-order valence-electron chi connectivity index (χ2n) is 4.98. The van der Waals surface area contributed by atoms with E-state index in [9.17, 15) is 4.79 Å². The van der Waals surface area contributed by atoms with Crippen molar-refractivity contribution in [1.82, 2.24) is 0 Å². The summed E-state index contributed by atoms with van der Waals surface area (Å²) in [6.45, 7) is 5.98. The van der Waals surface area contributed by atoms with Gasteiger partial charge in [-0.25, -0.2) is 0 Å². The molecule has 2 heteroatoms. The Hall–Kier alpha value is -2.35. The standard InChI is InChI=1S/C18H19NO/c1-13-8-9-14(2)16(12-13)18(20)10-11-19-17-7-5-4-6-15(17)3/h4-12,19H,1-3H3. The second-order valence-corrected chi connectivity index (χ2v) is 4.98. The summed E-state index contributed by atoms with van der Waals surface area (Å²) in [7, 11) is 0. The van der Waals surface area contributed by atoms with Gasteiger partial charge in [0, 0.05) is 23.5 Å². The first-order valence-corrected chi connectivity index (χ1v) is 6.68. The summed E-state index contributed by atoms with van der Waals surface area (Å²) in [5, 5.41) is 3.15. The zero-order valence-electron chi connectivity index (χ0n) is 12.1. The Balaban J connectivity index is 2.10. The summed E-state index contributed by atoms with van der Waals surface area (Å²) in [4.78, 5) is 12.2. The summed E-state index contributed by atoms with van der Waals surface area (Å²) >= 11 is 0. The van der Waals surface area contributed by atoms with Crippen LogP contribution in [0.3, 0.4) is 0 Å². The Bertz CT molecular complexity index is 656. The van der Waals surface area contributed by atoms with Crippen molar-refractivity contribution in [3.63, 3.8) is 0 Å². The highest BCUT2D eigenvalue weighted by Crippen LogP contribution is 2.14. The number of carbonyl (C=O) groups excluding carboxylic acids is 1. The van der Waals surface area contributed by atoms with Crippen molar-refractivity contribution >= 4 is 11.5 Å². The molecule has 20 heavy (non-hydrogen) atoms. The first-order valence-electron chi connectivity index (χ1n) is 6.68. The minimum atomic E-state index is 0.0206. The first-order chi connectivity index (χ1) is 9.58. The van der Waals surface area contributed by atoms with Crippen molar-refractivity contribution in [2.45, 2.75) is 20.8 Å². The van der Waals surface area contributed by atoms with E-state index in [-0.39, 0.29) is 5.78 Å². The number of hydrogen-bond acceptors (Lipinski definition) is 2. The molecule has 0 aliphatic rings.